The van der Waals surface area contributed by atoms with Crippen LogP contribution in [-0.2, 0) is 4.74 Å². The third-order valence-corrected chi connectivity index (χ3v) is 4.92. The van der Waals surface area contributed by atoms with Crippen molar-refractivity contribution in [3.05, 3.63) is 0 Å². The zero-order valence-corrected chi connectivity index (χ0v) is 13.0. The molecule has 1 aliphatic rings. The minimum absolute atomic E-state index is 0.00149. The zero-order valence-electron chi connectivity index (χ0n) is 13.0. The van der Waals surface area contributed by atoms with E-state index in [0.717, 1.165) is 39.0 Å². The van der Waals surface area contributed by atoms with E-state index in [1.54, 1.807) is 0 Å². The molecule has 3 heteroatoms. The Kier molecular flexibility index (Phi) is 5.63. The SMILES string of the molecule is CCC(C)N(CC)C1(CN)CCOC(C)(CC)C1. The van der Waals surface area contributed by atoms with Crippen LogP contribution in [0.15, 0.2) is 0 Å². The van der Waals surface area contributed by atoms with Crippen LogP contribution >= 0.6 is 0 Å². The Balaban J connectivity index is 2.95. The molecule has 2 N–H and O–H groups in total. The van der Waals surface area contributed by atoms with E-state index < -0.39 is 0 Å². The van der Waals surface area contributed by atoms with Crippen molar-refractivity contribution in [3.63, 3.8) is 0 Å². The molecular weight excluding hydrogens is 224 g/mol. The van der Waals surface area contributed by atoms with Crippen LogP contribution in [0.3, 0.4) is 0 Å². The predicted molar refractivity (Wildman–Crippen MR) is 77.8 cm³/mol. The monoisotopic (exact) mass is 256 g/mol. The fourth-order valence-corrected chi connectivity index (χ4v) is 3.42. The molecule has 3 atom stereocenters. The van der Waals surface area contributed by atoms with E-state index in [2.05, 4.69) is 39.5 Å². The summed E-state index contributed by atoms with van der Waals surface area (Å²) in [5.41, 5.74) is 6.32. The molecule has 18 heavy (non-hydrogen) atoms. The average molecular weight is 256 g/mol. The molecule has 1 heterocycles. The van der Waals surface area contributed by atoms with Gasteiger partial charge in [-0.05, 0) is 46.1 Å². The number of likely N-dealkylation sites (N-methyl/N-ethyl adjacent to an activating group) is 1. The van der Waals surface area contributed by atoms with E-state index in [-0.39, 0.29) is 11.1 Å². The van der Waals surface area contributed by atoms with Crippen molar-refractivity contribution in [2.24, 2.45) is 5.73 Å². The van der Waals surface area contributed by atoms with E-state index in [1.165, 1.54) is 6.42 Å². The van der Waals surface area contributed by atoms with Crippen LogP contribution in [0.2, 0.25) is 0 Å². The molecule has 0 spiro atoms. The summed E-state index contributed by atoms with van der Waals surface area (Å²) in [7, 11) is 0. The summed E-state index contributed by atoms with van der Waals surface area (Å²) in [5.74, 6) is 0. The Bertz CT molecular complexity index is 259. The first-order valence-electron chi connectivity index (χ1n) is 7.57. The summed E-state index contributed by atoms with van der Waals surface area (Å²) in [6, 6.07) is 0.595. The van der Waals surface area contributed by atoms with E-state index in [9.17, 15) is 0 Å². The molecule has 108 valence electrons. The van der Waals surface area contributed by atoms with Crippen LogP contribution in [0.1, 0.15) is 60.3 Å². The predicted octanol–water partition coefficient (Wildman–Crippen LogP) is 2.78. The third-order valence-electron chi connectivity index (χ3n) is 4.92. The van der Waals surface area contributed by atoms with Gasteiger partial charge >= 0.3 is 0 Å². The largest absolute Gasteiger partial charge is 0.375 e. The minimum atomic E-state index is -0.00149. The molecule has 0 aromatic rings. The number of rotatable bonds is 6. The lowest BCUT2D eigenvalue weighted by Gasteiger charge is -2.53. The molecule has 1 fully saturated rings. The number of nitrogens with zero attached hydrogens (tertiary/aromatic N) is 1. The van der Waals surface area contributed by atoms with Gasteiger partial charge in [0, 0.05) is 24.7 Å². The highest BCUT2D eigenvalue weighted by Crippen LogP contribution is 2.39. The van der Waals surface area contributed by atoms with Gasteiger partial charge in [0.05, 0.1) is 5.60 Å². The van der Waals surface area contributed by atoms with Crippen molar-refractivity contribution in [1.29, 1.82) is 0 Å². The average Bonchev–Trinajstić information content (AvgIpc) is 2.39. The van der Waals surface area contributed by atoms with Crippen LogP contribution in [-0.4, -0.2) is 41.8 Å². The Morgan fingerprint density at radius 2 is 2.00 bits per heavy atom. The van der Waals surface area contributed by atoms with Crippen LogP contribution in [0.25, 0.3) is 0 Å². The topological polar surface area (TPSA) is 38.5 Å². The standard InChI is InChI=1S/C15H32N2O/c1-6-13(4)17(8-3)15(12-16)9-10-18-14(5,7-2)11-15/h13H,6-12,16H2,1-5H3. The quantitative estimate of drug-likeness (QED) is 0.794. The summed E-state index contributed by atoms with van der Waals surface area (Å²) in [6.07, 6.45) is 4.37. The lowest BCUT2D eigenvalue weighted by atomic mass is 9.77. The third kappa shape index (κ3) is 3.06. The smallest absolute Gasteiger partial charge is 0.0670 e. The highest BCUT2D eigenvalue weighted by molar-refractivity contribution is 5.01. The maximum Gasteiger partial charge on any atom is 0.0670 e. The Morgan fingerprint density at radius 1 is 1.33 bits per heavy atom. The second-order valence-corrected chi connectivity index (χ2v) is 6.05. The molecule has 3 nitrogen and oxygen atoms in total. The van der Waals surface area contributed by atoms with Gasteiger partial charge in [-0.2, -0.15) is 0 Å². The van der Waals surface area contributed by atoms with E-state index in [4.69, 9.17) is 10.5 Å². The molecule has 1 saturated heterocycles. The summed E-state index contributed by atoms with van der Waals surface area (Å²) in [4.78, 5) is 2.61. The van der Waals surface area contributed by atoms with E-state index in [1.807, 2.05) is 0 Å². The second kappa shape index (κ2) is 6.36. The van der Waals surface area contributed by atoms with Gasteiger partial charge in [0.2, 0.25) is 0 Å². The van der Waals surface area contributed by atoms with Gasteiger partial charge in [-0.15, -0.1) is 0 Å². The van der Waals surface area contributed by atoms with Gasteiger partial charge in [0.25, 0.3) is 0 Å². The van der Waals surface area contributed by atoms with Crippen molar-refractivity contribution in [2.45, 2.75) is 77.5 Å². The van der Waals surface area contributed by atoms with Crippen molar-refractivity contribution < 1.29 is 4.74 Å². The molecule has 1 rings (SSSR count). The summed E-state index contributed by atoms with van der Waals surface area (Å²) >= 11 is 0. The number of ether oxygens (including phenoxy) is 1. The minimum Gasteiger partial charge on any atom is -0.375 e. The van der Waals surface area contributed by atoms with Crippen molar-refractivity contribution in [2.75, 3.05) is 19.7 Å². The first kappa shape index (κ1) is 15.9. The van der Waals surface area contributed by atoms with Crippen molar-refractivity contribution >= 4 is 0 Å². The van der Waals surface area contributed by atoms with Crippen molar-refractivity contribution in [1.82, 2.24) is 4.90 Å². The highest BCUT2D eigenvalue weighted by Gasteiger charge is 2.45. The number of nitrogens with two attached hydrogens (primary N) is 1. The molecule has 0 aromatic carbocycles. The molecular formula is C15H32N2O. The van der Waals surface area contributed by atoms with Crippen LogP contribution in [0.5, 0.6) is 0 Å². The molecule has 0 bridgehead atoms. The first-order valence-corrected chi connectivity index (χ1v) is 7.57. The first-order chi connectivity index (χ1) is 8.47. The van der Waals surface area contributed by atoms with Crippen molar-refractivity contribution in [3.8, 4) is 0 Å². The Morgan fingerprint density at radius 3 is 2.44 bits per heavy atom. The molecule has 0 aromatic heterocycles. The Labute approximate surface area is 113 Å². The van der Waals surface area contributed by atoms with Gasteiger partial charge < -0.3 is 10.5 Å². The normalized spacial score (nSPS) is 34.8. The second-order valence-electron chi connectivity index (χ2n) is 6.05. The molecule has 1 aliphatic heterocycles. The summed E-state index contributed by atoms with van der Waals surface area (Å²) in [6.45, 7) is 13.9. The van der Waals surface area contributed by atoms with Crippen LogP contribution in [0, 0.1) is 0 Å². The van der Waals surface area contributed by atoms with E-state index in [0.29, 0.717) is 6.04 Å². The number of hydrogen-bond acceptors (Lipinski definition) is 3. The summed E-state index contributed by atoms with van der Waals surface area (Å²) < 4.78 is 6.00. The van der Waals surface area contributed by atoms with Crippen LogP contribution < -0.4 is 5.73 Å². The fourth-order valence-electron chi connectivity index (χ4n) is 3.42. The Hall–Kier alpha value is -0.120. The molecule has 0 radical (unpaired) electrons. The van der Waals surface area contributed by atoms with Gasteiger partial charge in [-0.3, -0.25) is 4.90 Å². The van der Waals surface area contributed by atoms with Gasteiger partial charge in [-0.1, -0.05) is 20.8 Å². The summed E-state index contributed by atoms with van der Waals surface area (Å²) in [5, 5.41) is 0. The number of hydrogen-bond donors (Lipinski definition) is 1. The van der Waals surface area contributed by atoms with Crippen LogP contribution in [0.4, 0.5) is 0 Å². The maximum absolute atomic E-state index is 6.19. The van der Waals surface area contributed by atoms with Gasteiger partial charge in [0.15, 0.2) is 0 Å². The molecule has 0 aliphatic carbocycles. The lowest BCUT2D eigenvalue weighted by Crippen LogP contribution is -2.63. The van der Waals surface area contributed by atoms with Gasteiger partial charge in [-0.25, -0.2) is 0 Å². The van der Waals surface area contributed by atoms with Gasteiger partial charge in [0.1, 0.15) is 0 Å². The molecule has 0 saturated carbocycles. The maximum atomic E-state index is 6.19. The zero-order chi connectivity index (χ0) is 13.8. The highest BCUT2D eigenvalue weighted by atomic mass is 16.5. The van der Waals surface area contributed by atoms with E-state index >= 15 is 0 Å². The lowest BCUT2D eigenvalue weighted by molar-refractivity contribution is -0.135. The molecule has 0 amide bonds. The fraction of sp³-hybridized carbons (Fsp3) is 1.00. The molecule has 3 unspecified atom stereocenters.